The summed E-state index contributed by atoms with van der Waals surface area (Å²) in [6.07, 6.45) is 4.54. The topological polar surface area (TPSA) is 163 Å². The minimum Gasteiger partial charge on any atom is -0.497 e. The average molecular weight is 559 g/mol. The van der Waals surface area contributed by atoms with E-state index < -0.39 is 17.3 Å². The van der Waals surface area contributed by atoms with Crippen LogP contribution in [0, 0.1) is 0 Å². The molecule has 204 valence electrons. The van der Waals surface area contributed by atoms with Crippen molar-refractivity contribution in [2.45, 2.75) is 32.7 Å². The van der Waals surface area contributed by atoms with Gasteiger partial charge in [-0.25, -0.2) is 9.67 Å². The summed E-state index contributed by atoms with van der Waals surface area (Å²) in [6.45, 7) is 6.35. The van der Waals surface area contributed by atoms with Gasteiger partial charge >= 0.3 is 0 Å². The molecule has 0 aliphatic heterocycles. The number of aromatic hydroxyl groups is 1. The Morgan fingerprint density at radius 1 is 1.15 bits per heavy atom. The molecule has 0 aliphatic rings. The number of carbonyl (C=O) groups excluding carboxylic acids is 1. The lowest BCUT2D eigenvalue weighted by Crippen LogP contribution is -2.18. The van der Waals surface area contributed by atoms with Crippen LogP contribution in [0.4, 0.5) is 0 Å². The Balaban J connectivity index is 1.48. The summed E-state index contributed by atoms with van der Waals surface area (Å²) < 4.78 is 8.08. The van der Waals surface area contributed by atoms with Gasteiger partial charge in [0.1, 0.15) is 17.0 Å². The lowest BCUT2D eigenvalue weighted by Gasteiger charge is -2.17. The Morgan fingerprint density at radius 2 is 1.90 bits per heavy atom. The summed E-state index contributed by atoms with van der Waals surface area (Å²) >= 11 is 1.18. The number of amides is 1. The fraction of sp³-hybridized carbons (Fsp3) is 0.222. The predicted octanol–water partition coefficient (Wildman–Crippen LogP) is 3.13. The summed E-state index contributed by atoms with van der Waals surface area (Å²) in [5, 5.41) is 22.6. The molecule has 0 saturated heterocycles. The number of hydrogen-bond donors (Lipinski definition) is 2. The highest BCUT2D eigenvalue weighted by molar-refractivity contribution is 7.17. The van der Waals surface area contributed by atoms with Gasteiger partial charge in [0.2, 0.25) is 5.88 Å². The molecule has 12 nitrogen and oxygen atoms in total. The third-order valence-electron chi connectivity index (χ3n) is 6.11. The molecular formula is C27H26N8O4S. The highest BCUT2D eigenvalue weighted by Gasteiger charge is 2.26. The maximum Gasteiger partial charge on any atom is 0.277 e. The van der Waals surface area contributed by atoms with Gasteiger partial charge in [-0.1, -0.05) is 32.9 Å². The van der Waals surface area contributed by atoms with Gasteiger partial charge in [0.05, 0.1) is 24.2 Å². The van der Waals surface area contributed by atoms with Crippen molar-refractivity contribution in [1.82, 2.24) is 34.6 Å². The number of benzene rings is 1. The number of pyridine rings is 1. The van der Waals surface area contributed by atoms with Gasteiger partial charge in [-0.15, -0.1) is 16.4 Å². The summed E-state index contributed by atoms with van der Waals surface area (Å²) in [4.78, 5) is 34.5. The zero-order chi connectivity index (χ0) is 28.6. The van der Waals surface area contributed by atoms with E-state index in [9.17, 15) is 14.7 Å². The van der Waals surface area contributed by atoms with Crippen LogP contribution in [0.5, 0.6) is 11.6 Å². The van der Waals surface area contributed by atoms with Crippen LogP contribution in [0.1, 0.15) is 53.2 Å². The van der Waals surface area contributed by atoms with E-state index in [1.165, 1.54) is 21.8 Å². The van der Waals surface area contributed by atoms with Crippen molar-refractivity contribution >= 4 is 35.0 Å². The van der Waals surface area contributed by atoms with Gasteiger partial charge in [-0.3, -0.25) is 14.0 Å². The molecule has 1 aromatic carbocycles. The molecule has 40 heavy (non-hydrogen) atoms. The summed E-state index contributed by atoms with van der Waals surface area (Å²) in [6, 6.07) is 10.9. The Bertz CT molecular complexity index is 1810. The molecule has 0 atom stereocenters. The maximum absolute atomic E-state index is 13.3. The Labute approximate surface area is 232 Å². The van der Waals surface area contributed by atoms with E-state index in [4.69, 9.17) is 10.5 Å². The molecule has 4 aromatic heterocycles. The maximum atomic E-state index is 13.3. The van der Waals surface area contributed by atoms with E-state index in [0.717, 1.165) is 16.2 Å². The number of primary amides is 1. The van der Waals surface area contributed by atoms with Crippen LogP contribution in [0.2, 0.25) is 0 Å². The van der Waals surface area contributed by atoms with Crippen molar-refractivity contribution in [3.05, 3.63) is 80.6 Å². The summed E-state index contributed by atoms with van der Waals surface area (Å²) in [7, 11) is 1.60. The number of tetrazole rings is 1. The second-order valence-corrected chi connectivity index (χ2v) is 11.0. The van der Waals surface area contributed by atoms with Gasteiger partial charge in [0, 0.05) is 11.6 Å². The van der Waals surface area contributed by atoms with Crippen molar-refractivity contribution in [3.8, 4) is 22.1 Å². The van der Waals surface area contributed by atoms with Crippen LogP contribution in [-0.2, 0) is 12.0 Å². The zero-order valence-electron chi connectivity index (χ0n) is 22.2. The van der Waals surface area contributed by atoms with Crippen LogP contribution in [0.15, 0.2) is 47.4 Å². The van der Waals surface area contributed by atoms with Gasteiger partial charge in [-0.05, 0) is 58.0 Å². The number of thiazole rings is 1. The highest BCUT2D eigenvalue weighted by Crippen LogP contribution is 2.37. The molecule has 5 aromatic rings. The lowest BCUT2D eigenvalue weighted by molar-refractivity contribution is 0.0999. The molecule has 5 rings (SSSR count). The lowest BCUT2D eigenvalue weighted by atomic mass is 9.90. The number of fused-ring (bicyclic) bond motifs is 1. The van der Waals surface area contributed by atoms with Crippen molar-refractivity contribution in [2.75, 3.05) is 7.11 Å². The normalized spacial score (nSPS) is 11.9. The molecule has 0 aliphatic carbocycles. The zero-order valence-corrected chi connectivity index (χ0v) is 23.0. The second-order valence-electron chi connectivity index (χ2n) is 9.98. The van der Waals surface area contributed by atoms with Gasteiger partial charge in [0.15, 0.2) is 10.8 Å². The Hall–Kier alpha value is -4.91. The number of ether oxygens (including phenoxy) is 1. The van der Waals surface area contributed by atoms with Crippen LogP contribution in [0.25, 0.3) is 28.2 Å². The molecule has 0 bridgehead atoms. The fourth-order valence-corrected chi connectivity index (χ4v) is 5.19. The van der Waals surface area contributed by atoms with Gasteiger partial charge in [0.25, 0.3) is 11.5 Å². The largest absolute Gasteiger partial charge is 0.497 e. The predicted molar refractivity (Wildman–Crippen MR) is 150 cm³/mol. The van der Waals surface area contributed by atoms with E-state index in [1.54, 1.807) is 36.2 Å². The molecule has 13 heteroatoms. The first-order valence-corrected chi connectivity index (χ1v) is 13.0. The van der Waals surface area contributed by atoms with Crippen molar-refractivity contribution in [2.24, 2.45) is 5.73 Å². The number of methoxy groups -OCH3 is 1. The van der Waals surface area contributed by atoms with Crippen molar-refractivity contribution in [1.29, 1.82) is 0 Å². The molecule has 0 unspecified atom stereocenters. The number of rotatable bonds is 7. The minimum atomic E-state index is -0.610. The second kappa shape index (κ2) is 10.3. The summed E-state index contributed by atoms with van der Waals surface area (Å²) in [5.74, 6) is 0.0801. The Kier molecular flexibility index (Phi) is 6.90. The monoisotopic (exact) mass is 558 g/mol. The highest BCUT2D eigenvalue weighted by atomic mass is 32.1. The molecule has 4 heterocycles. The smallest absolute Gasteiger partial charge is 0.277 e. The van der Waals surface area contributed by atoms with E-state index in [2.05, 4.69) is 25.5 Å². The summed E-state index contributed by atoms with van der Waals surface area (Å²) in [5.41, 5.74) is 7.20. The number of nitrogens with zero attached hydrogens (tertiary/aromatic N) is 7. The number of nitrogens with two attached hydrogens (primary N) is 1. The molecular weight excluding hydrogens is 532 g/mol. The van der Waals surface area contributed by atoms with Crippen LogP contribution >= 0.6 is 11.3 Å². The van der Waals surface area contributed by atoms with Crippen LogP contribution in [-0.4, -0.2) is 52.7 Å². The van der Waals surface area contributed by atoms with Crippen molar-refractivity contribution < 1.29 is 14.6 Å². The molecule has 3 N–H and O–H groups in total. The van der Waals surface area contributed by atoms with E-state index in [0.29, 0.717) is 23.6 Å². The Morgan fingerprint density at radius 3 is 2.58 bits per heavy atom. The van der Waals surface area contributed by atoms with Crippen LogP contribution in [0.3, 0.4) is 0 Å². The van der Waals surface area contributed by atoms with Crippen LogP contribution < -0.4 is 16.0 Å². The molecule has 0 spiro atoms. The third kappa shape index (κ3) is 5.18. The van der Waals surface area contributed by atoms with Gasteiger partial charge < -0.3 is 15.6 Å². The van der Waals surface area contributed by atoms with Gasteiger partial charge in [-0.2, -0.15) is 4.98 Å². The first kappa shape index (κ1) is 26.7. The molecule has 0 saturated carbocycles. The number of hydrogen-bond acceptors (Lipinski definition) is 10. The quantitative estimate of drug-likeness (QED) is 0.305. The molecule has 0 fully saturated rings. The average Bonchev–Trinajstić information content (AvgIpc) is 3.56. The fourth-order valence-electron chi connectivity index (χ4n) is 4.06. The minimum absolute atomic E-state index is 0.0200. The first-order chi connectivity index (χ1) is 19.0. The standard InChI is InChI=1S/C27H26N8O4S/c1-27(2,3)22-21(40-25(30-22)23(28)36)16-11-12-34-20(13-16)29-24(37)18(26(34)38)9-10-19-31-32-33-35(19)14-15-5-7-17(39-4)8-6-15/h5-13,37H,14H2,1-4H3,(H2,28,36)/b10-9+. The molecule has 0 radical (unpaired) electrons. The first-order valence-electron chi connectivity index (χ1n) is 12.2. The number of carbonyl (C=O) groups is 1. The third-order valence-corrected chi connectivity index (χ3v) is 7.22. The van der Waals surface area contributed by atoms with E-state index >= 15 is 0 Å². The SMILES string of the molecule is COc1ccc(Cn2nnnc2/C=C/c2c(O)nc3cc(-c4sc(C(N)=O)nc4C(C)(C)C)ccn3c2=O)cc1. The van der Waals surface area contributed by atoms with E-state index in [1.807, 2.05) is 45.0 Å². The van der Waals surface area contributed by atoms with E-state index in [-0.39, 0.29) is 21.6 Å². The van der Waals surface area contributed by atoms with Crippen molar-refractivity contribution in [3.63, 3.8) is 0 Å². The molecule has 1 amide bonds. The number of aromatic nitrogens is 7.